The van der Waals surface area contributed by atoms with Crippen LogP contribution in [0.5, 0.6) is 0 Å². The molecule has 0 aromatic carbocycles. The van der Waals surface area contributed by atoms with Crippen LogP contribution in [-0.4, -0.2) is 22.3 Å². The molecule has 8 aliphatic carbocycles. The van der Waals surface area contributed by atoms with Crippen LogP contribution in [0.1, 0.15) is 84.0 Å². The van der Waals surface area contributed by atoms with Crippen LogP contribution >= 0.6 is 0 Å². The number of ketones is 2. The molecule has 0 amide bonds. The van der Waals surface area contributed by atoms with Crippen molar-refractivity contribution in [1.29, 1.82) is 0 Å². The van der Waals surface area contributed by atoms with Crippen LogP contribution in [0.4, 0.5) is 0 Å². The molecule has 0 unspecified atom stereocenters. The molecule has 4 bridgehead atoms. The Morgan fingerprint density at radius 3 is 2.26 bits per heavy atom. The van der Waals surface area contributed by atoms with Gasteiger partial charge in [0.15, 0.2) is 5.78 Å². The molecule has 0 heterocycles. The van der Waals surface area contributed by atoms with E-state index in [0.717, 1.165) is 67.4 Å². The minimum atomic E-state index is -0.956. The van der Waals surface area contributed by atoms with Gasteiger partial charge in [0, 0.05) is 17.4 Å². The third-order valence-corrected chi connectivity index (χ3v) is 11.5. The molecule has 0 aliphatic heterocycles. The summed E-state index contributed by atoms with van der Waals surface area (Å²) in [5.41, 5.74) is 0.857. The van der Waals surface area contributed by atoms with E-state index in [1.54, 1.807) is 0 Å². The first kappa shape index (κ1) is 19.3. The Labute approximate surface area is 185 Å². The summed E-state index contributed by atoms with van der Waals surface area (Å²) < 4.78 is 0. The first-order chi connectivity index (χ1) is 14.8. The Morgan fingerprint density at radius 1 is 0.903 bits per heavy atom. The first-order valence-corrected chi connectivity index (χ1v) is 13.1. The van der Waals surface area contributed by atoms with Crippen LogP contribution in [0.3, 0.4) is 0 Å². The summed E-state index contributed by atoms with van der Waals surface area (Å²) in [7, 11) is 0. The lowest BCUT2D eigenvalue weighted by Crippen LogP contribution is -2.56. The average molecular weight is 421 g/mol. The molecular weight excluding hydrogens is 384 g/mol. The van der Waals surface area contributed by atoms with E-state index >= 15 is 0 Å². The maximum absolute atomic E-state index is 13.4. The van der Waals surface area contributed by atoms with Gasteiger partial charge >= 0.3 is 0 Å². The second-order valence-corrected chi connectivity index (χ2v) is 12.9. The van der Waals surface area contributed by atoms with E-state index in [1.807, 2.05) is 6.08 Å². The SMILES string of the molecule is C[C@]12CC[C@H]3[C@@H](CCC4=CC(=O)C(C56CC7CC(CC(C7)C5)C6)=C[C@@]43O)[C@@H]1CCC2=O. The molecule has 0 aromatic heterocycles. The second kappa shape index (κ2) is 6.01. The lowest BCUT2D eigenvalue weighted by Gasteiger charge is -2.59. The van der Waals surface area contributed by atoms with E-state index in [0.29, 0.717) is 17.6 Å². The normalized spacial score (nSPS) is 54.8. The molecule has 166 valence electrons. The predicted molar refractivity (Wildman–Crippen MR) is 118 cm³/mol. The van der Waals surface area contributed by atoms with E-state index < -0.39 is 5.60 Å². The molecule has 0 aromatic rings. The number of hydrogen-bond donors (Lipinski definition) is 1. The zero-order valence-electron chi connectivity index (χ0n) is 18.9. The van der Waals surface area contributed by atoms with Crippen molar-refractivity contribution in [3.63, 3.8) is 0 Å². The number of carbonyl (C=O) groups excluding carboxylic acids is 2. The highest BCUT2D eigenvalue weighted by Gasteiger charge is 2.61. The van der Waals surface area contributed by atoms with Gasteiger partial charge in [-0.05, 0) is 129 Å². The van der Waals surface area contributed by atoms with Crippen LogP contribution in [0.25, 0.3) is 0 Å². The smallest absolute Gasteiger partial charge is 0.182 e. The molecule has 0 saturated heterocycles. The number of Topliss-reactive ketones (excluding diaryl/α,β-unsaturated/α-hetero) is 1. The largest absolute Gasteiger partial charge is 0.381 e. The van der Waals surface area contributed by atoms with Crippen molar-refractivity contribution in [3.8, 4) is 0 Å². The van der Waals surface area contributed by atoms with Gasteiger partial charge in [0.25, 0.3) is 0 Å². The number of hydrogen-bond acceptors (Lipinski definition) is 3. The van der Waals surface area contributed by atoms with Gasteiger partial charge in [0.2, 0.25) is 0 Å². The third-order valence-electron chi connectivity index (χ3n) is 11.5. The van der Waals surface area contributed by atoms with E-state index in [4.69, 9.17) is 0 Å². The number of rotatable bonds is 1. The minimum absolute atomic E-state index is 0.0308. The van der Waals surface area contributed by atoms with Crippen molar-refractivity contribution in [2.24, 2.45) is 46.3 Å². The molecule has 0 radical (unpaired) electrons. The first-order valence-electron chi connectivity index (χ1n) is 13.1. The van der Waals surface area contributed by atoms with Gasteiger partial charge in [-0.15, -0.1) is 0 Å². The summed E-state index contributed by atoms with van der Waals surface area (Å²) >= 11 is 0. The summed E-state index contributed by atoms with van der Waals surface area (Å²) in [4.78, 5) is 26.1. The molecule has 3 heteroatoms. The minimum Gasteiger partial charge on any atom is -0.381 e. The number of fused-ring (bicyclic) bond motifs is 5. The van der Waals surface area contributed by atoms with Gasteiger partial charge < -0.3 is 5.11 Å². The molecule has 5 atom stereocenters. The van der Waals surface area contributed by atoms with Gasteiger partial charge in [-0.25, -0.2) is 0 Å². The quantitative estimate of drug-likeness (QED) is 0.636. The lowest BCUT2D eigenvalue weighted by atomic mass is 9.46. The van der Waals surface area contributed by atoms with Crippen LogP contribution in [0, 0.1) is 46.3 Å². The summed E-state index contributed by atoms with van der Waals surface area (Å²) in [5, 5.41) is 12.3. The molecule has 8 aliphatic rings. The fourth-order valence-corrected chi connectivity index (χ4v) is 10.5. The monoisotopic (exact) mass is 420 g/mol. The molecule has 7 fully saturated rings. The van der Waals surface area contributed by atoms with Crippen molar-refractivity contribution >= 4 is 11.6 Å². The van der Waals surface area contributed by atoms with Crippen LogP contribution in [-0.2, 0) is 9.59 Å². The van der Waals surface area contributed by atoms with Gasteiger partial charge in [0.05, 0.1) is 0 Å². The Morgan fingerprint density at radius 2 is 1.58 bits per heavy atom. The molecule has 1 N–H and O–H groups in total. The molecule has 3 nitrogen and oxygen atoms in total. The Bertz CT molecular complexity index is 905. The van der Waals surface area contributed by atoms with Crippen molar-refractivity contribution in [3.05, 3.63) is 23.3 Å². The Kier molecular flexibility index (Phi) is 3.74. The topological polar surface area (TPSA) is 54.4 Å². The number of allylic oxidation sites excluding steroid dienone is 2. The standard InChI is InChI=1S/C28H36O3/c1-26-7-6-22-20(21(26)4-5-25(26)30)3-2-19-11-24(29)23(15-28(19,22)31)27-12-16-8-17(13-27)10-18(9-16)14-27/h11,15-18,20-22,31H,2-10,12-14H2,1H3/t16?,17?,18?,20-,21-,22-,26-,27?,28+/m0/s1. The van der Waals surface area contributed by atoms with Gasteiger partial charge in [0.1, 0.15) is 11.4 Å². The zero-order valence-corrected chi connectivity index (χ0v) is 18.9. The third kappa shape index (κ3) is 2.40. The maximum atomic E-state index is 13.4. The highest BCUT2D eigenvalue weighted by molar-refractivity contribution is 6.07. The predicted octanol–water partition coefficient (Wildman–Crippen LogP) is 5.17. The number of aliphatic hydroxyl groups is 1. The Hall–Kier alpha value is -1.22. The van der Waals surface area contributed by atoms with Crippen molar-refractivity contribution in [2.45, 2.75) is 89.6 Å². The summed E-state index contributed by atoms with van der Waals surface area (Å²) in [6.45, 7) is 2.19. The molecule has 31 heavy (non-hydrogen) atoms. The van der Waals surface area contributed by atoms with E-state index in [-0.39, 0.29) is 22.5 Å². The van der Waals surface area contributed by atoms with Crippen molar-refractivity contribution < 1.29 is 14.7 Å². The molecule has 7 saturated carbocycles. The van der Waals surface area contributed by atoms with Gasteiger partial charge in [-0.2, -0.15) is 0 Å². The van der Waals surface area contributed by atoms with Gasteiger partial charge in [-0.3, -0.25) is 9.59 Å². The van der Waals surface area contributed by atoms with E-state index in [9.17, 15) is 14.7 Å². The fourth-order valence-electron chi connectivity index (χ4n) is 10.5. The Balaban J connectivity index is 1.28. The van der Waals surface area contributed by atoms with Crippen LogP contribution in [0.15, 0.2) is 23.3 Å². The van der Waals surface area contributed by atoms with Crippen molar-refractivity contribution in [2.75, 3.05) is 0 Å². The van der Waals surface area contributed by atoms with Crippen molar-refractivity contribution in [1.82, 2.24) is 0 Å². The zero-order chi connectivity index (χ0) is 21.2. The highest BCUT2D eigenvalue weighted by atomic mass is 16.3. The number of carbonyl (C=O) groups is 2. The van der Waals surface area contributed by atoms with Crippen LogP contribution in [0.2, 0.25) is 0 Å². The van der Waals surface area contributed by atoms with E-state index in [1.165, 1.54) is 38.5 Å². The molecular formula is C28H36O3. The van der Waals surface area contributed by atoms with Crippen LogP contribution < -0.4 is 0 Å². The summed E-state index contributed by atoms with van der Waals surface area (Å²) in [5.74, 6) is 4.03. The fraction of sp³-hybridized carbons (Fsp3) is 0.786. The summed E-state index contributed by atoms with van der Waals surface area (Å²) in [6, 6.07) is 0. The lowest BCUT2D eigenvalue weighted by molar-refractivity contribution is -0.134. The second-order valence-electron chi connectivity index (χ2n) is 12.9. The van der Waals surface area contributed by atoms with E-state index in [2.05, 4.69) is 13.0 Å². The van der Waals surface area contributed by atoms with Gasteiger partial charge in [-0.1, -0.05) is 6.92 Å². The molecule has 8 rings (SSSR count). The average Bonchev–Trinajstić information content (AvgIpc) is 3.02. The maximum Gasteiger partial charge on any atom is 0.182 e. The summed E-state index contributed by atoms with van der Waals surface area (Å²) in [6.07, 6.45) is 16.9. The highest BCUT2D eigenvalue weighted by Crippen LogP contribution is 2.65. The molecule has 0 spiro atoms.